The van der Waals surface area contributed by atoms with Crippen molar-refractivity contribution in [2.24, 2.45) is 0 Å². The smallest absolute Gasteiger partial charge is 0.251 e. The number of benzene rings is 3. The monoisotopic (exact) mass is 361 g/mol. The molecule has 0 heterocycles. The van der Waals surface area contributed by atoms with E-state index in [-0.39, 0.29) is 24.4 Å². The minimum absolute atomic E-state index is 0.157. The highest BCUT2D eigenvalue weighted by Crippen LogP contribution is 2.12. The van der Waals surface area contributed by atoms with Gasteiger partial charge in [-0.05, 0) is 30.2 Å². The molecule has 27 heavy (non-hydrogen) atoms. The van der Waals surface area contributed by atoms with E-state index in [0.717, 1.165) is 5.56 Å². The maximum absolute atomic E-state index is 13.7. The standard InChI is InChI=1S/C22H21BFNO2/c23-20-12-11-19(14-21(20)24)27-15-18(13-16-7-3-1-4-8-16)25-22(26)17-9-5-2-6-10-17/h1-12,14,18H,13,15,23H2,(H,25,26)/t18-/m1/s1. The maximum Gasteiger partial charge on any atom is 0.251 e. The minimum Gasteiger partial charge on any atom is -0.491 e. The summed E-state index contributed by atoms with van der Waals surface area (Å²) in [6.07, 6.45) is 0.619. The van der Waals surface area contributed by atoms with Gasteiger partial charge in [-0.15, -0.1) is 0 Å². The number of carbonyl (C=O) groups excluding carboxylic acids is 1. The fourth-order valence-electron chi connectivity index (χ4n) is 2.77. The lowest BCUT2D eigenvalue weighted by Gasteiger charge is -2.20. The molecule has 0 spiro atoms. The molecule has 0 aliphatic carbocycles. The van der Waals surface area contributed by atoms with Crippen LogP contribution in [-0.2, 0) is 6.42 Å². The predicted molar refractivity (Wildman–Crippen MR) is 108 cm³/mol. The largest absolute Gasteiger partial charge is 0.491 e. The van der Waals surface area contributed by atoms with Gasteiger partial charge >= 0.3 is 0 Å². The first-order valence-electron chi connectivity index (χ1n) is 8.90. The van der Waals surface area contributed by atoms with Crippen molar-refractivity contribution in [2.45, 2.75) is 12.5 Å². The van der Waals surface area contributed by atoms with E-state index in [1.165, 1.54) is 6.07 Å². The summed E-state index contributed by atoms with van der Waals surface area (Å²) in [6.45, 7) is 0.246. The van der Waals surface area contributed by atoms with Crippen LogP contribution in [0.15, 0.2) is 78.9 Å². The summed E-state index contributed by atoms with van der Waals surface area (Å²) >= 11 is 0. The SMILES string of the molecule is Bc1ccc(OC[C@@H](Cc2ccccc2)NC(=O)c2ccccc2)cc1F. The molecule has 1 N–H and O–H groups in total. The number of carbonyl (C=O) groups is 1. The Bertz CT molecular complexity index is 887. The lowest BCUT2D eigenvalue weighted by molar-refractivity contribution is 0.0921. The third-order valence-corrected chi connectivity index (χ3v) is 4.29. The molecule has 3 rings (SSSR count). The van der Waals surface area contributed by atoms with E-state index in [1.54, 1.807) is 32.1 Å². The molecule has 0 aliphatic rings. The van der Waals surface area contributed by atoms with E-state index in [2.05, 4.69) is 5.32 Å². The van der Waals surface area contributed by atoms with Gasteiger partial charge in [0.25, 0.3) is 5.91 Å². The van der Waals surface area contributed by atoms with Crippen molar-refractivity contribution in [3.63, 3.8) is 0 Å². The molecule has 136 valence electrons. The molecule has 0 saturated heterocycles. The fraction of sp³-hybridized carbons (Fsp3) is 0.136. The van der Waals surface area contributed by atoms with Gasteiger partial charge in [-0.25, -0.2) is 4.39 Å². The molecule has 3 aromatic carbocycles. The van der Waals surface area contributed by atoms with Gasteiger partial charge in [0.1, 0.15) is 26.0 Å². The van der Waals surface area contributed by atoms with Crippen molar-refractivity contribution >= 4 is 19.2 Å². The van der Waals surface area contributed by atoms with Crippen LogP contribution in [0.3, 0.4) is 0 Å². The van der Waals surface area contributed by atoms with Crippen LogP contribution in [0.25, 0.3) is 0 Å². The Balaban J connectivity index is 1.70. The van der Waals surface area contributed by atoms with Gasteiger partial charge < -0.3 is 10.1 Å². The van der Waals surface area contributed by atoms with Crippen molar-refractivity contribution in [2.75, 3.05) is 6.61 Å². The van der Waals surface area contributed by atoms with Crippen molar-refractivity contribution in [3.8, 4) is 5.75 Å². The van der Waals surface area contributed by atoms with Crippen LogP contribution >= 0.6 is 0 Å². The number of hydrogen-bond donors (Lipinski definition) is 1. The lowest BCUT2D eigenvalue weighted by Crippen LogP contribution is -2.40. The second-order valence-electron chi connectivity index (χ2n) is 6.45. The average Bonchev–Trinajstić information content (AvgIpc) is 2.70. The second kappa shape index (κ2) is 9.03. The van der Waals surface area contributed by atoms with Gasteiger partial charge in [-0.3, -0.25) is 4.79 Å². The number of rotatable bonds is 7. The van der Waals surface area contributed by atoms with E-state index in [4.69, 9.17) is 4.74 Å². The third kappa shape index (κ3) is 5.45. The number of hydrogen-bond acceptors (Lipinski definition) is 2. The number of ether oxygens (including phenoxy) is 1. The van der Waals surface area contributed by atoms with Gasteiger partial charge in [-0.1, -0.05) is 60.1 Å². The first-order valence-corrected chi connectivity index (χ1v) is 8.90. The second-order valence-corrected chi connectivity index (χ2v) is 6.45. The Morgan fingerprint density at radius 2 is 1.67 bits per heavy atom. The molecule has 3 aromatic rings. The molecule has 0 fully saturated rings. The number of nitrogens with one attached hydrogen (secondary N) is 1. The van der Waals surface area contributed by atoms with Crippen molar-refractivity contribution in [3.05, 3.63) is 95.8 Å². The lowest BCUT2D eigenvalue weighted by atomic mass is 9.96. The molecule has 3 nitrogen and oxygen atoms in total. The molecule has 1 atom stereocenters. The van der Waals surface area contributed by atoms with Gasteiger partial charge in [0.05, 0.1) is 6.04 Å². The van der Waals surface area contributed by atoms with Crippen LogP contribution < -0.4 is 15.5 Å². The van der Waals surface area contributed by atoms with E-state index in [0.29, 0.717) is 23.2 Å². The summed E-state index contributed by atoms with van der Waals surface area (Å²) in [5.74, 6) is -0.0132. The first-order chi connectivity index (χ1) is 13.1. The Labute approximate surface area is 159 Å². The van der Waals surface area contributed by atoms with Crippen molar-refractivity contribution in [1.82, 2.24) is 5.32 Å². The number of amides is 1. The highest BCUT2D eigenvalue weighted by atomic mass is 19.1. The van der Waals surface area contributed by atoms with Crippen LogP contribution in [0, 0.1) is 5.82 Å². The molecule has 0 aliphatic heterocycles. The maximum atomic E-state index is 13.7. The molecular formula is C22H21BFNO2. The zero-order valence-electron chi connectivity index (χ0n) is 15.2. The summed E-state index contributed by atoms with van der Waals surface area (Å²) in [5.41, 5.74) is 2.26. The average molecular weight is 361 g/mol. The molecule has 0 bridgehead atoms. The Morgan fingerprint density at radius 3 is 2.33 bits per heavy atom. The fourth-order valence-corrected chi connectivity index (χ4v) is 2.77. The number of halogens is 1. The van der Waals surface area contributed by atoms with Crippen molar-refractivity contribution < 1.29 is 13.9 Å². The summed E-state index contributed by atoms with van der Waals surface area (Å²) in [7, 11) is 1.71. The molecule has 0 aromatic heterocycles. The summed E-state index contributed by atoms with van der Waals surface area (Å²) in [5, 5.41) is 3.02. The molecular weight excluding hydrogens is 340 g/mol. The van der Waals surface area contributed by atoms with Crippen LogP contribution in [0.1, 0.15) is 15.9 Å². The third-order valence-electron chi connectivity index (χ3n) is 4.29. The molecule has 5 heteroatoms. The topological polar surface area (TPSA) is 38.3 Å². The minimum atomic E-state index is -0.305. The van der Waals surface area contributed by atoms with E-state index in [1.807, 2.05) is 48.5 Å². The van der Waals surface area contributed by atoms with Gasteiger partial charge in [0.15, 0.2) is 0 Å². The Kier molecular flexibility index (Phi) is 6.26. The molecule has 1 amide bonds. The zero-order valence-corrected chi connectivity index (χ0v) is 15.2. The summed E-state index contributed by atoms with van der Waals surface area (Å²) < 4.78 is 19.5. The molecule has 0 unspecified atom stereocenters. The molecule has 0 saturated carbocycles. The van der Waals surface area contributed by atoms with Crippen LogP contribution in [0.5, 0.6) is 5.75 Å². The quantitative estimate of drug-likeness (QED) is 0.657. The van der Waals surface area contributed by atoms with Crippen LogP contribution in [0.4, 0.5) is 4.39 Å². The predicted octanol–water partition coefficient (Wildman–Crippen LogP) is 2.50. The van der Waals surface area contributed by atoms with E-state index in [9.17, 15) is 9.18 Å². The normalized spacial score (nSPS) is 11.6. The highest BCUT2D eigenvalue weighted by molar-refractivity contribution is 6.32. The van der Waals surface area contributed by atoms with Crippen LogP contribution in [-0.4, -0.2) is 26.4 Å². The summed E-state index contributed by atoms with van der Waals surface area (Å²) in [4.78, 5) is 12.5. The van der Waals surface area contributed by atoms with E-state index >= 15 is 0 Å². The Morgan fingerprint density at radius 1 is 1.00 bits per heavy atom. The van der Waals surface area contributed by atoms with Crippen LogP contribution in [0.2, 0.25) is 0 Å². The molecule has 0 radical (unpaired) electrons. The first kappa shape index (κ1) is 18.7. The zero-order chi connectivity index (χ0) is 19.1. The highest BCUT2D eigenvalue weighted by Gasteiger charge is 2.15. The van der Waals surface area contributed by atoms with Gasteiger partial charge in [-0.2, -0.15) is 0 Å². The van der Waals surface area contributed by atoms with Crippen molar-refractivity contribution in [1.29, 1.82) is 0 Å². The Hall–Kier alpha value is -3.08. The summed E-state index contributed by atoms with van der Waals surface area (Å²) in [6, 6.07) is 23.5. The van der Waals surface area contributed by atoms with Gasteiger partial charge in [0.2, 0.25) is 0 Å². The van der Waals surface area contributed by atoms with E-state index < -0.39 is 0 Å². The van der Waals surface area contributed by atoms with Gasteiger partial charge in [0, 0.05) is 11.6 Å².